The minimum atomic E-state index is -0.503. The summed E-state index contributed by atoms with van der Waals surface area (Å²) in [6.45, 7) is 9.94. The number of ether oxygens (including phenoxy) is 3. The smallest absolute Gasteiger partial charge is 0.407 e. The van der Waals surface area contributed by atoms with Gasteiger partial charge < -0.3 is 19.5 Å². The maximum atomic E-state index is 11.9. The van der Waals surface area contributed by atoms with Crippen LogP contribution in [0.2, 0.25) is 0 Å². The van der Waals surface area contributed by atoms with Crippen LogP contribution in [-0.4, -0.2) is 48.8 Å². The maximum absolute atomic E-state index is 11.9. The van der Waals surface area contributed by atoms with Gasteiger partial charge in [-0.3, -0.25) is 0 Å². The predicted molar refractivity (Wildman–Crippen MR) is 149 cm³/mol. The lowest BCUT2D eigenvalue weighted by molar-refractivity contribution is 0.0363. The van der Waals surface area contributed by atoms with E-state index in [1.807, 2.05) is 45.0 Å². The Kier molecular flexibility index (Phi) is 7.42. The van der Waals surface area contributed by atoms with Crippen LogP contribution < -0.4 is 14.8 Å². The first-order valence-corrected chi connectivity index (χ1v) is 13.3. The SMILES string of the molecule is CC(C)(C)OC(=O)N[C@H]1C[C@H](Oc2ccc(C(C)(C)c3ccc(Oc4cnc(-n5nccn5)nc4)cc3)cc2)C1. The van der Waals surface area contributed by atoms with E-state index in [9.17, 15) is 4.79 Å². The fraction of sp³-hybridized carbons (Fsp3) is 0.367. The Labute approximate surface area is 233 Å². The maximum Gasteiger partial charge on any atom is 0.407 e. The van der Waals surface area contributed by atoms with Crippen LogP contribution in [0.3, 0.4) is 0 Å². The second-order valence-corrected chi connectivity index (χ2v) is 11.4. The van der Waals surface area contributed by atoms with E-state index in [0.29, 0.717) is 17.4 Å². The molecule has 0 bridgehead atoms. The lowest BCUT2D eigenvalue weighted by Crippen LogP contribution is -2.50. The van der Waals surface area contributed by atoms with Crippen LogP contribution in [0.1, 0.15) is 58.6 Å². The number of hydrogen-bond acceptors (Lipinski definition) is 8. The topological polar surface area (TPSA) is 113 Å². The standard InChI is InChI=1S/C30H34N6O4/c1-29(2,3)40-28(37)35-22-16-25(17-22)38-23-10-6-20(7-11-23)30(4,5)21-8-12-24(13-9-21)39-26-18-31-27(32-19-26)36-33-14-15-34-36/h6-15,18-19,22,25H,16-17H2,1-5H3,(H,35,37)/t22-,25-. The highest BCUT2D eigenvalue weighted by atomic mass is 16.6. The Morgan fingerprint density at radius 2 is 1.38 bits per heavy atom. The van der Waals surface area contributed by atoms with Crippen LogP contribution in [0.15, 0.2) is 73.3 Å². The molecule has 1 fully saturated rings. The van der Waals surface area contributed by atoms with E-state index >= 15 is 0 Å². The number of rotatable bonds is 8. The van der Waals surface area contributed by atoms with Crippen LogP contribution >= 0.6 is 0 Å². The van der Waals surface area contributed by atoms with Gasteiger partial charge in [0.15, 0.2) is 5.75 Å². The molecule has 0 aliphatic heterocycles. The van der Waals surface area contributed by atoms with Crippen LogP contribution in [0, 0.1) is 0 Å². The van der Waals surface area contributed by atoms with Crippen LogP contribution in [0.5, 0.6) is 17.2 Å². The van der Waals surface area contributed by atoms with Crippen LogP contribution in [0.25, 0.3) is 5.95 Å². The highest BCUT2D eigenvalue weighted by Crippen LogP contribution is 2.35. The Morgan fingerprint density at radius 3 is 1.93 bits per heavy atom. The summed E-state index contributed by atoms with van der Waals surface area (Å²) in [5.74, 6) is 2.41. The number of benzene rings is 2. The summed E-state index contributed by atoms with van der Waals surface area (Å²) in [5, 5.41) is 10.9. The van der Waals surface area contributed by atoms with Crippen molar-refractivity contribution in [2.75, 3.05) is 0 Å². The van der Waals surface area contributed by atoms with Crippen molar-refractivity contribution >= 4 is 6.09 Å². The van der Waals surface area contributed by atoms with Gasteiger partial charge in [0.1, 0.15) is 23.2 Å². The second-order valence-electron chi connectivity index (χ2n) is 11.4. The van der Waals surface area contributed by atoms with E-state index in [1.54, 1.807) is 24.8 Å². The average Bonchev–Trinajstić information content (AvgIpc) is 3.43. The van der Waals surface area contributed by atoms with Gasteiger partial charge in [-0.25, -0.2) is 14.8 Å². The number of nitrogens with one attached hydrogen (secondary N) is 1. The molecule has 5 rings (SSSR count). The van der Waals surface area contributed by atoms with E-state index in [-0.39, 0.29) is 23.7 Å². The molecule has 10 heteroatoms. The minimum absolute atomic E-state index is 0.0789. The number of aromatic nitrogens is 5. The summed E-state index contributed by atoms with van der Waals surface area (Å²) in [4.78, 5) is 21.8. The molecular weight excluding hydrogens is 508 g/mol. The summed E-state index contributed by atoms with van der Waals surface area (Å²) in [6.07, 6.45) is 7.54. The molecule has 0 unspecified atom stereocenters. The quantitative estimate of drug-likeness (QED) is 0.306. The van der Waals surface area contributed by atoms with Crippen molar-refractivity contribution in [3.63, 3.8) is 0 Å². The van der Waals surface area contributed by atoms with Gasteiger partial charge in [-0.05, 0) is 56.2 Å². The van der Waals surface area contributed by atoms with Crippen LogP contribution in [-0.2, 0) is 10.2 Å². The van der Waals surface area contributed by atoms with Crippen molar-refractivity contribution in [3.8, 4) is 23.2 Å². The molecule has 208 valence electrons. The number of hydrogen-bond donors (Lipinski definition) is 1. The molecule has 0 spiro atoms. The first kappa shape index (κ1) is 27.1. The molecule has 2 heterocycles. The Bertz CT molecular complexity index is 1410. The average molecular weight is 543 g/mol. The minimum Gasteiger partial charge on any atom is -0.490 e. The molecule has 4 aromatic rings. The number of nitrogens with zero attached hydrogens (tertiary/aromatic N) is 5. The summed E-state index contributed by atoms with van der Waals surface area (Å²) in [5.41, 5.74) is 1.59. The third-order valence-corrected chi connectivity index (χ3v) is 6.72. The van der Waals surface area contributed by atoms with E-state index < -0.39 is 5.60 Å². The molecule has 1 aliphatic carbocycles. The zero-order valence-corrected chi connectivity index (χ0v) is 23.4. The second kappa shape index (κ2) is 11.0. The first-order valence-electron chi connectivity index (χ1n) is 13.3. The monoisotopic (exact) mass is 542 g/mol. The van der Waals surface area contributed by atoms with Crippen molar-refractivity contribution in [1.29, 1.82) is 0 Å². The molecule has 1 saturated carbocycles. The van der Waals surface area contributed by atoms with E-state index in [0.717, 1.165) is 24.2 Å². The van der Waals surface area contributed by atoms with Crippen molar-refractivity contribution < 1.29 is 19.0 Å². The van der Waals surface area contributed by atoms with Crippen LogP contribution in [0.4, 0.5) is 4.79 Å². The van der Waals surface area contributed by atoms with Gasteiger partial charge in [0, 0.05) is 24.3 Å². The van der Waals surface area contributed by atoms with Gasteiger partial charge in [0.2, 0.25) is 0 Å². The third-order valence-electron chi connectivity index (χ3n) is 6.72. The number of amides is 1. The molecule has 0 radical (unpaired) electrons. The molecular formula is C30H34N6O4. The molecule has 2 aromatic heterocycles. The Balaban J connectivity index is 1.13. The van der Waals surface area contributed by atoms with Gasteiger partial charge in [0.25, 0.3) is 5.95 Å². The van der Waals surface area contributed by atoms with Crippen molar-refractivity contribution in [1.82, 2.24) is 30.3 Å². The van der Waals surface area contributed by atoms with Crippen molar-refractivity contribution in [2.24, 2.45) is 0 Å². The highest BCUT2D eigenvalue weighted by molar-refractivity contribution is 5.68. The van der Waals surface area contributed by atoms with Gasteiger partial charge in [0.05, 0.1) is 24.8 Å². The molecule has 10 nitrogen and oxygen atoms in total. The van der Waals surface area contributed by atoms with E-state index in [2.05, 4.69) is 63.6 Å². The molecule has 40 heavy (non-hydrogen) atoms. The molecule has 0 atom stereocenters. The molecule has 2 aromatic carbocycles. The van der Waals surface area contributed by atoms with Gasteiger partial charge >= 0.3 is 6.09 Å². The summed E-state index contributed by atoms with van der Waals surface area (Å²) in [6, 6.07) is 16.3. The molecule has 1 N–H and O–H groups in total. The van der Waals surface area contributed by atoms with Gasteiger partial charge in [-0.1, -0.05) is 38.1 Å². The van der Waals surface area contributed by atoms with E-state index in [4.69, 9.17) is 14.2 Å². The molecule has 0 saturated heterocycles. The van der Waals surface area contributed by atoms with Crippen molar-refractivity contribution in [2.45, 2.75) is 70.6 Å². The predicted octanol–water partition coefficient (Wildman–Crippen LogP) is 5.61. The van der Waals surface area contributed by atoms with Gasteiger partial charge in [-0.2, -0.15) is 10.2 Å². The fourth-order valence-electron chi connectivity index (χ4n) is 4.42. The summed E-state index contributed by atoms with van der Waals surface area (Å²) in [7, 11) is 0. The summed E-state index contributed by atoms with van der Waals surface area (Å²) >= 11 is 0. The fourth-order valence-corrected chi connectivity index (χ4v) is 4.42. The summed E-state index contributed by atoms with van der Waals surface area (Å²) < 4.78 is 17.4. The number of alkyl carbamates (subject to hydrolysis) is 1. The lowest BCUT2D eigenvalue weighted by atomic mass is 9.78. The number of carbonyl (C=O) groups is 1. The Morgan fingerprint density at radius 1 is 0.825 bits per heavy atom. The number of carbonyl (C=O) groups excluding carboxylic acids is 1. The molecule has 1 aliphatic rings. The highest BCUT2D eigenvalue weighted by Gasteiger charge is 2.33. The van der Waals surface area contributed by atoms with E-state index in [1.165, 1.54) is 10.4 Å². The zero-order chi connectivity index (χ0) is 28.3. The largest absolute Gasteiger partial charge is 0.490 e. The van der Waals surface area contributed by atoms with Gasteiger partial charge in [-0.15, -0.1) is 4.80 Å². The van der Waals surface area contributed by atoms with Crippen molar-refractivity contribution in [3.05, 3.63) is 84.4 Å². The normalized spacial score (nSPS) is 17.0. The Hall–Kier alpha value is -4.47. The zero-order valence-electron chi connectivity index (χ0n) is 23.4. The lowest BCUT2D eigenvalue weighted by Gasteiger charge is -2.36. The molecule has 1 amide bonds. The first-order chi connectivity index (χ1) is 19.0. The third kappa shape index (κ3) is 6.56.